The van der Waals surface area contributed by atoms with Gasteiger partial charge in [-0.05, 0) is 135 Å². The third-order valence-corrected chi connectivity index (χ3v) is 14.4. The van der Waals surface area contributed by atoms with Crippen molar-refractivity contribution < 1.29 is 56.8 Å². The molecule has 8 bridgehead atoms. The summed E-state index contributed by atoms with van der Waals surface area (Å²) in [7, 11) is 3.34. The Morgan fingerprint density at radius 1 is 0.431 bits per heavy atom. The minimum absolute atomic E-state index is 0.190. The van der Waals surface area contributed by atoms with Crippen molar-refractivity contribution in [1.29, 1.82) is 0 Å². The number of aryl methyl sites for hydroxylation is 2. The van der Waals surface area contributed by atoms with Crippen LogP contribution in [0.3, 0.4) is 0 Å². The maximum atomic E-state index is 6.89. The molecule has 4 aromatic carbocycles. The van der Waals surface area contributed by atoms with Crippen LogP contribution < -0.4 is 18.9 Å². The molecule has 12 heteroatoms. The third kappa shape index (κ3) is 11.7. The molecule has 4 saturated heterocycles. The number of benzene rings is 4. The number of hydrogen-bond acceptors (Lipinski definition) is 12. The van der Waals surface area contributed by atoms with Gasteiger partial charge < -0.3 is 56.8 Å². The molecule has 4 aromatic rings. The molecule has 4 aliphatic heterocycles. The zero-order chi connectivity index (χ0) is 50.6. The number of hydrogen-bond donors (Lipinski definition) is 0. The van der Waals surface area contributed by atoms with E-state index in [2.05, 4.69) is 88.4 Å². The molecule has 0 unspecified atom stereocenters. The smallest absolute Gasteiger partial charge is 0.186 e. The second kappa shape index (κ2) is 23.1. The van der Waals surface area contributed by atoms with Gasteiger partial charge in [-0.3, -0.25) is 0 Å². The van der Waals surface area contributed by atoms with Gasteiger partial charge in [-0.2, -0.15) is 0 Å². The molecular weight excluding hydrogens is 913 g/mol. The molecule has 12 nitrogen and oxygen atoms in total. The maximum absolute atomic E-state index is 6.89. The molecule has 0 N–H and O–H groups in total. The van der Waals surface area contributed by atoms with Crippen LogP contribution in [0.15, 0.2) is 60.7 Å². The predicted molar refractivity (Wildman–Crippen MR) is 276 cm³/mol. The fourth-order valence-corrected chi connectivity index (χ4v) is 11.4. The van der Waals surface area contributed by atoms with E-state index in [0.29, 0.717) is 52.1 Å². The molecular formula is C60H80O12. The number of methoxy groups -OCH3 is 2. The highest BCUT2D eigenvalue weighted by Gasteiger charge is 2.56. The Labute approximate surface area is 428 Å². The zero-order valence-corrected chi connectivity index (χ0v) is 44.6. The van der Waals surface area contributed by atoms with E-state index in [0.717, 1.165) is 119 Å². The van der Waals surface area contributed by atoms with E-state index < -0.39 is 24.2 Å². The van der Waals surface area contributed by atoms with Gasteiger partial charge >= 0.3 is 0 Å². The minimum Gasteiger partial charge on any atom is -0.493 e. The van der Waals surface area contributed by atoms with Gasteiger partial charge in [-0.25, -0.2) is 0 Å². The Morgan fingerprint density at radius 3 is 1.01 bits per heavy atom. The van der Waals surface area contributed by atoms with Crippen molar-refractivity contribution in [3.05, 3.63) is 116 Å². The van der Waals surface area contributed by atoms with Crippen molar-refractivity contribution in [3.8, 4) is 23.0 Å². The Bertz CT molecular complexity index is 2210. The summed E-state index contributed by atoms with van der Waals surface area (Å²) in [6.07, 6.45) is 6.64. The topological polar surface area (TPSA) is 111 Å². The monoisotopic (exact) mass is 993 g/mol. The lowest BCUT2D eigenvalue weighted by atomic mass is 9.88. The van der Waals surface area contributed by atoms with Gasteiger partial charge in [0.2, 0.25) is 0 Å². The van der Waals surface area contributed by atoms with Crippen LogP contribution in [0, 0.1) is 0 Å². The van der Waals surface area contributed by atoms with Gasteiger partial charge in [-0.1, -0.05) is 88.4 Å². The number of fused-ring (bicyclic) bond motifs is 10. The van der Waals surface area contributed by atoms with Crippen molar-refractivity contribution in [2.24, 2.45) is 0 Å². The Morgan fingerprint density at radius 2 is 0.722 bits per heavy atom. The van der Waals surface area contributed by atoms with Crippen LogP contribution in [0.25, 0.3) is 0 Å². The van der Waals surface area contributed by atoms with Crippen LogP contribution in [-0.2, 0) is 76.4 Å². The van der Waals surface area contributed by atoms with Crippen molar-refractivity contribution in [1.82, 2.24) is 0 Å². The van der Waals surface area contributed by atoms with E-state index in [9.17, 15) is 0 Å². The number of para-hydroxylation sites is 2. The predicted octanol–water partition coefficient (Wildman–Crippen LogP) is 11.2. The molecule has 72 heavy (non-hydrogen) atoms. The summed E-state index contributed by atoms with van der Waals surface area (Å²) in [4.78, 5) is 0. The lowest BCUT2D eigenvalue weighted by Gasteiger charge is -2.25. The number of rotatable bonds is 20. The van der Waals surface area contributed by atoms with E-state index >= 15 is 0 Å². The fraction of sp³-hybridized carbons (Fsp3) is 0.600. The summed E-state index contributed by atoms with van der Waals surface area (Å²) < 4.78 is 77.4. The van der Waals surface area contributed by atoms with Crippen LogP contribution in [0.2, 0.25) is 0 Å². The van der Waals surface area contributed by atoms with E-state index in [1.807, 2.05) is 27.7 Å². The second-order valence-electron chi connectivity index (χ2n) is 21.2. The van der Waals surface area contributed by atoms with Gasteiger partial charge in [0.1, 0.15) is 47.4 Å². The highest BCUT2D eigenvalue weighted by atomic mass is 16.8. The van der Waals surface area contributed by atoms with E-state index in [-0.39, 0.29) is 36.6 Å². The molecule has 0 spiro atoms. The summed E-state index contributed by atoms with van der Waals surface area (Å²) in [5.74, 6) is 2.28. The van der Waals surface area contributed by atoms with Gasteiger partial charge in [0, 0.05) is 39.9 Å². The van der Waals surface area contributed by atoms with Crippen LogP contribution in [0.1, 0.15) is 150 Å². The average molecular weight is 993 g/mol. The summed E-state index contributed by atoms with van der Waals surface area (Å²) in [5, 5.41) is 0. The van der Waals surface area contributed by atoms with Gasteiger partial charge in [-0.15, -0.1) is 0 Å². The average Bonchev–Trinajstić information content (AvgIpc) is 4.06. The van der Waals surface area contributed by atoms with Crippen molar-refractivity contribution >= 4 is 0 Å². The number of ether oxygens (including phenoxy) is 12. The lowest BCUT2D eigenvalue weighted by molar-refractivity contribution is -0.227. The Kier molecular flexibility index (Phi) is 16.9. The maximum Gasteiger partial charge on any atom is 0.186 e. The highest BCUT2D eigenvalue weighted by Crippen LogP contribution is 2.44. The molecule has 8 atom stereocenters. The lowest BCUT2D eigenvalue weighted by Crippen LogP contribution is -2.30. The van der Waals surface area contributed by atoms with Gasteiger partial charge in [0.25, 0.3) is 0 Å². The molecule has 0 aromatic heterocycles. The molecule has 0 saturated carbocycles. The summed E-state index contributed by atoms with van der Waals surface area (Å²) >= 11 is 0. The second-order valence-corrected chi connectivity index (χ2v) is 21.2. The van der Waals surface area contributed by atoms with Gasteiger partial charge in [0.15, 0.2) is 24.2 Å². The molecule has 0 amide bonds. The molecule has 5 aliphatic rings. The van der Waals surface area contributed by atoms with E-state index in [4.69, 9.17) is 56.8 Å². The summed E-state index contributed by atoms with van der Waals surface area (Å²) in [6, 6.07) is 22.6. The van der Waals surface area contributed by atoms with Crippen LogP contribution in [-0.4, -0.2) is 101 Å². The first-order chi connectivity index (χ1) is 34.8. The third-order valence-electron chi connectivity index (χ3n) is 14.4. The minimum atomic E-state index is -0.706. The SMILES string of the molecule is CCCOc1c2cccc1Cc1cc(CC[C@@H]3O[C@@H](OC)[C@@H]4OC(C)(C)O[C@@H]43)cc(c1OCCC)Cc1cccc(c1OCCC)Cc1cc(CC[C@@H]3O[C@@H](OC)[C@@H]4OC(C)(C)O[C@@H]43)cc(c1OCCC)C2. The standard InChI is InChI=1S/C60H80O12/c1-11-25-63-49-39-17-15-18-40(49)34-44-30-38(22-24-48-54-56(58(62-10)68-48)72-60(7,8)70-54)32-46(52(44)66-28-14-4)36-42-20-16-19-41(50(42)64-26-12-2)35-45-31-37(29-43(33-39)51(45)65-27-13-3)21-23-47-53-55(57(61-9)67-47)71-59(5,6)69-53/h15-20,29-32,47-48,53-58H,11-14,21-28,33-36H2,1-10H3/t47-,48-,53+,54+,55+,56+,57+,58+/m0/s1. The van der Waals surface area contributed by atoms with E-state index in [1.54, 1.807) is 14.2 Å². The van der Waals surface area contributed by atoms with Crippen LogP contribution in [0.5, 0.6) is 23.0 Å². The van der Waals surface area contributed by atoms with Crippen LogP contribution in [0.4, 0.5) is 0 Å². The highest BCUT2D eigenvalue weighted by molar-refractivity contribution is 5.57. The quantitative estimate of drug-likeness (QED) is 0.0740. The van der Waals surface area contributed by atoms with E-state index in [1.165, 1.54) is 11.1 Å². The first-order valence-electron chi connectivity index (χ1n) is 26.9. The van der Waals surface area contributed by atoms with Crippen molar-refractivity contribution in [2.75, 3.05) is 40.6 Å². The Balaban J connectivity index is 1.15. The van der Waals surface area contributed by atoms with Gasteiger partial charge in [0.05, 0.1) is 38.6 Å². The van der Waals surface area contributed by atoms with Crippen LogP contribution >= 0.6 is 0 Å². The fourth-order valence-electron chi connectivity index (χ4n) is 11.4. The molecule has 0 radical (unpaired) electrons. The first kappa shape index (κ1) is 52.6. The molecule has 4 fully saturated rings. The van der Waals surface area contributed by atoms with Crippen molar-refractivity contribution in [2.45, 2.75) is 193 Å². The largest absolute Gasteiger partial charge is 0.493 e. The van der Waals surface area contributed by atoms with Crippen molar-refractivity contribution in [3.63, 3.8) is 0 Å². The normalized spacial score (nSPS) is 25.8. The molecule has 9 rings (SSSR count). The molecule has 4 heterocycles. The molecule has 392 valence electrons. The summed E-state index contributed by atoms with van der Waals surface area (Å²) in [5.41, 5.74) is 11.4. The zero-order valence-electron chi connectivity index (χ0n) is 44.6. The molecule has 1 aliphatic carbocycles. The Hall–Kier alpha value is -4.24. The summed E-state index contributed by atoms with van der Waals surface area (Å²) in [6.45, 7) is 18.9. The first-order valence-corrected chi connectivity index (χ1v) is 26.9.